The zero-order valence-corrected chi connectivity index (χ0v) is 9.58. The Labute approximate surface area is 94.7 Å². The van der Waals surface area contributed by atoms with E-state index < -0.39 is 0 Å². The lowest BCUT2D eigenvalue weighted by atomic mass is 10.0. The molecule has 1 aromatic heterocycles. The largest absolute Gasteiger partial charge is 0.360 e. The molecule has 0 amide bonds. The van der Waals surface area contributed by atoms with Gasteiger partial charge in [-0.25, -0.2) is 0 Å². The van der Waals surface area contributed by atoms with Crippen molar-refractivity contribution in [1.29, 1.82) is 0 Å². The first-order chi connectivity index (χ1) is 7.66. The molecule has 1 N–H and O–H groups in total. The highest BCUT2D eigenvalue weighted by atomic mass is 16.1. The van der Waals surface area contributed by atoms with E-state index in [1.165, 1.54) is 5.56 Å². The summed E-state index contributed by atoms with van der Waals surface area (Å²) in [6.07, 6.45) is 2.91. The third-order valence-electron chi connectivity index (χ3n) is 3.55. The Kier molecular flexibility index (Phi) is 1.93. The molecule has 0 bridgehead atoms. The molecule has 2 nitrogen and oxygen atoms in total. The van der Waals surface area contributed by atoms with E-state index in [0.717, 1.165) is 22.9 Å². The van der Waals surface area contributed by atoms with Crippen LogP contribution in [0.25, 0.3) is 10.9 Å². The highest BCUT2D eigenvalue weighted by molar-refractivity contribution is 6.10. The number of hydrogen-bond donors (Lipinski definition) is 1. The number of ketones is 1. The number of Topliss-reactive ketones (excluding diaryl/α,β-unsaturated/α-hetero) is 1. The summed E-state index contributed by atoms with van der Waals surface area (Å²) in [5, 5.41) is 1.07. The fourth-order valence-electron chi connectivity index (χ4n) is 2.33. The van der Waals surface area contributed by atoms with Crippen LogP contribution in [-0.4, -0.2) is 10.8 Å². The van der Waals surface area contributed by atoms with Crippen LogP contribution in [0.15, 0.2) is 24.4 Å². The van der Waals surface area contributed by atoms with Gasteiger partial charge in [-0.3, -0.25) is 4.79 Å². The summed E-state index contributed by atoms with van der Waals surface area (Å²) < 4.78 is 0. The number of aromatic amines is 1. The Bertz CT molecular complexity index is 567. The highest BCUT2D eigenvalue weighted by Gasteiger charge is 2.40. The maximum absolute atomic E-state index is 12.2. The van der Waals surface area contributed by atoms with Gasteiger partial charge in [0.15, 0.2) is 5.78 Å². The average Bonchev–Trinajstić information content (AvgIpc) is 2.85. The molecule has 1 saturated carbocycles. The molecule has 0 saturated heterocycles. The Balaban J connectivity index is 2.09. The second kappa shape index (κ2) is 3.21. The molecule has 1 aliphatic rings. The molecule has 1 fully saturated rings. The summed E-state index contributed by atoms with van der Waals surface area (Å²) in [7, 11) is 0. The minimum Gasteiger partial charge on any atom is -0.360 e. The smallest absolute Gasteiger partial charge is 0.168 e. The number of fused-ring (bicyclic) bond motifs is 1. The van der Waals surface area contributed by atoms with Crippen LogP contribution in [0.1, 0.15) is 29.3 Å². The molecular formula is C14H15NO. The first-order valence-electron chi connectivity index (χ1n) is 5.79. The predicted octanol–water partition coefficient (Wildman–Crippen LogP) is 3.32. The van der Waals surface area contributed by atoms with Crippen molar-refractivity contribution in [3.05, 3.63) is 35.5 Å². The summed E-state index contributed by atoms with van der Waals surface area (Å²) >= 11 is 0. The lowest BCUT2D eigenvalue weighted by Crippen LogP contribution is -2.01. The van der Waals surface area contributed by atoms with Crippen LogP contribution in [0, 0.1) is 18.8 Å². The maximum atomic E-state index is 12.2. The monoisotopic (exact) mass is 213 g/mol. The van der Waals surface area contributed by atoms with E-state index in [2.05, 4.69) is 31.0 Å². The molecule has 2 heteroatoms. The van der Waals surface area contributed by atoms with Crippen molar-refractivity contribution in [3.8, 4) is 0 Å². The van der Waals surface area contributed by atoms with Crippen LogP contribution < -0.4 is 0 Å². The van der Waals surface area contributed by atoms with E-state index in [4.69, 9.17) is 0 Å². The molecule has 82 valence electrons. The van der Waals surface area contributed by atoms with Gasteiger partial charge in [-0.05, 0) is 31.4 Å². The van der Waals surface area contributed by atoms with E-state index in [1.807, 2.05) is 12.3 Å². The highest BCUT2D eigenvalue weighted by Crippen LogP contribution is 2.41. The van der Waals surface area contributed by atoms with Crippen molar-refractivity contribution in [3.63, 3.8) is 0 Å². The molecule has 1 aromatic carbocycles. The van der Waals surface area contributed by atoms with E-state index >= 15 is 0 Å². The summed E-state index contributed by atoms with van der Waals surface area (Å²) in [6.45, 7) is 4.20. The molecule has 1 heterocycles. The Morgan fingerprint density at radius 1 is 1.44 bits per heavy atom. The van der Waals surface area contributed by atoms with Crippen LogP contribution in [0.4, 0.5) is 0 Å². The molecular weight excluding hydrogens is 198 g/mol. The number of benzene rings is 1. The molecule has 16 heavy (non-hydrogen) atoms. The number of H-pyrrole nitrogens is 1. The summed E-state index contributed by atoms with van der Waals surface area (Å²) in [5.74, 6) is 1.14. The van der Waals surface area contributed by atoms with E-state index in [9.17, 15) is 4.79 Å². The van der Waals surface area contributed by atoms with Crippen molar-refractivity contribution in [1.82, 2.24) is 4.98 Å². The van der Waals surface area contributed by atoms with Gasteiger partial charge in [0.05, 0.1) is 0 Å². The van der Waals surface area contributed by atoms with Gasteiger partial charge in [-0.1, -0.05) is 18.6 Å². The molecule has 2 atom stereocenters. The number of rotatable bonds is 2. The minimum absolute atomic E-state index is 0.263. The van der Waals surface area contributed by atoms with Crippen LogP contribution in [-0.2, 0) is 0 Å². The lowest BCUT2D eigenvalue weighted by molar-refractivity contribution is 0.0964. The SMILES string of the molecule is Cc1ccc2[nH]cc(C(=O)C3CC3C)c2c1. The number of nitrogens with one attached hydrogen (secondary N) is 1. The minimum atomic E-state index is 0.263. The van der Waals surface area contributed by atoms with E-state index in [0.29, 0.717) is 11.7 Å². The van der Waals surface area contributed by atoms with Crippen molar-refractivity contribution in [2.24, 2.45) is 11.8 Å². The normalized spacial score (nSPS) is 23.6. The lowest BCUT2D eigenvalue weighted by Gasteiger charge is -1.98. The molecule has 0 radical (unpaired) electrons. The number of carbonyl (C=O) groups excluding carboxylic acids is 1. The summed E-state index contributed by atoms with van der Waals surface area (Å²) in [6, 6.07) is 6.19. The van der Waals surface area contributed by atoms with Gasteiger partial charge in [-0.15, -0.1) is 0 Å². The zero-order valence-electron chi connectivity index (χ0n) is 9.58. The van der Waals surface area contributed by atoms with Crippen molar-refractivity contribution >= 4 is 16.7 Å². The second-order valence-electron chi connectivity index (χ2n) is 4.94. The Hall–Kier alpha value is -1.57. The number of hydrogen-bond acceptors (Lipinski definition) is 1. The predicted molar refractivity (Wildman–Crippen MR) is 64.6 cm³/mol. The zero-order chi connectivity index (χ0) is 11.3. The molecule has 2 aromatic rings. The first kappa shape index (κ1) is 9.64. The van der Waals surface area contributed by atoms with Gasteiger partial charge in [0.1, 0.15) is 0 Å². The second-order valence-corrected chi connectivity index (χ2v) is 4.94. The van der Waals surface area contributed by atoms with Gasteiger partial charge in [-0.2, -0.15) is 0 Å². The van der Waals surface area contributed by atoms with E-state index in [1.54, 1.807) is 0 Å². The maximum Gasteiger partial charge on any atom is 0.168 e. The molecule has 3 rings (SSSR count). The van der Waals surface area contributed by atoms with E-state index in [-0.39, 0.29) is 5.92 Å². The van der Waals surface area contributed by atoms with Gasteiger partial charge in [0.25, 0.3) is 0 Å². The summed E-state index contributed by atoms with van der Waals surface area (Å²) in [4.78, 5) is 15.4. The quantitative estimate of drug-likeness (QED) is 0.763. The molecule has 0 spiro atoms. The fourth-order valence-corrected chi connectivity index (χ4v) is 2.33. The van der Waals surface area contributed by atoms with Gasteiger partial charge in [0, 0.05) is 28.6 Å². The van der Waals surface area contributed by atoms with Crippen LogP contribution in [0.3, 0.4) is 0 Å². The van der Waals surface area contributed by atoms with Crippen LogP contribution in [0.5, 0.6) is 0 Å². The topological polar surface area (TPSA) is 32.9 Å². The third kappa shape index (κ3) is 1.37. The number of aromatic nitrogens is 1. The first-order valence-corrected chi connectivity index (χ1v) is 5.79. The van der Waals surface area contributed by atoms with Gasteiger partial charge in [0.2, 0.25) is 0 Å². The number of carbonyl (C=O) groups is 1. The summed E-state index contributed by atoms with van der Waals surface area (Å²) in [5.41, 5.74) is 3.13. The Morgan fingerprint density at radius 2 is 2.19 bits per heavy atom. The average molecular weight is 213 g/mol. The number of aryl methyl sites for hydroxylation is 1. The van der Waals surface area contributed by atoms with Crippen molar-refractivity contribution in [2.75, 3.05) is 0 Å². The Morgan fingerprint density at radius 3 is 2.88 bits per heavy atom. The van der Waals surface area contributed by atoms with Gasteiger partial charge >= 0.3 is 0 Å². The third-order valence-corrected chi connectivity index (χ3v) is 3.55. The standard InChI is InChI=1S/C14H15NO/c1-8-3-4-13-11(5-8)12(7-15-13)14(16)10-6-9(10)2/h3-5,7,9-10,15H,6H2,1-2H3. The molecule has 1 aliphatic carbocycles. The van der Waals surface area contributed by atoms with Crippen LogP contribution >= 0.6 is 0 Å². The van der Waals surface area contributed by atoms with Gasteiger partial charge < -0.3 is 4.98 Å². The van der Waals surface area contributed by atoms with Crippen LogP contribution in [0.2, 0.25) is 0 Å². The van der Waals surface area contributed by atoms with Crippen molar-refractivity contribution in [2.45, 2.75) is 20.3 Å². The molecule has 2 unspecified atom stereocenters. The van der Waals surface area contributed by atoms with Crippen molar-refractivity contribution < 1.29 is 4.79 Å². The molecule has 0 aliphatic heterocycles. The fraction of sp³-hybridized carbons (Fsp3) is 0.357.